The molecule has 0 aliphatic carbocycles. The van der Waals surface area contributed by atoms with Crippen molar-refractivity contribution in [3.8, 4) is 0 Å². The Labute approximate surface area is 114 Å². The molecule has 0 aromatic rings. The third kappa shape index (κ3) is 3.26. The van der Waals surface area contributed by atoms with Crippen LogP contribution in [0.4, 0.5) is 0 Å². The van der Waals surface area contributed by atoms with Gasteiger partial charge in [-0.2, -0.15) is 0 Å². The van der Waals surface area contributed by atoms with Crippen molar-refractivity contribution in [2.75, 3.05) is 33.4 Å². The number of amides is 1. The average Bonchev–Trinajstić information content (AvgIpc) is 2.46. The maximum atomic E-state index is 12.5. The second-order valence-electron chi connectivity index (χ2n) is 5.59. The monoisotopic (exact) mass is 269 g/mol. The number of nitrogens with zero attached hydrogens (tertiary/aromatic N) is 1. The van der Waals surface area contributed by atoms with Crippen molar-refractivity contribution in [1.82, 2.24) is 4.90 Å². The smallest absolute Gasteiger partial charge is 0.310 e. The Morgan fingerprint density at radius 3 is 2.79 bits per heavy atom. The van der Waals surface area contributed by atoms with Gasteiger partial charge in [-0.1, -0.05) is 6.92 Å². The minimum absolute atomic E-state index is 0.0464. The minimum Gasteiger partial charge on any atom is -0.469 e. The third-order valence-corrected chi connectivity index (χ3v) is 4.23. The van der Waals surface area contributed by atoms with Crippen molar-refractivity contribution >= 4 is 11.9 Å². The van der Waals surface area contributed by atoms with Gasteiger partial charge >= 0.3 is 5.97 Å². The summed E-state index contributed by atoms with van der Waals surface area (Å²) in [7, 11) is 1.41. The molecule has 3 unspecified atom stereocenters. The Balaban J connectivity index is 1.96. The maximum absolute atomic E-state index is 12.5. The van der Waals surface area contributed by atoms with Crippen LogP contribution >= 0.6 is 0 Å². The van der Waals surface area contributed by atoms with Crippen LogP contribution in [0.1, 0.15) is 26.2 Å². The topological polar surface area (TPSA) is 55.8 Å². The van der Waals surface area contributed by atoms with Gasteiger partial charge in [-0.15, -0.1) is 0 Å². The molecule has 0 spiro atoms. The lowest BCUT2D eigenvalue weighted by Crippen LogP contribution is -2.47. The van der Waals surface area contributed by atoms with Crippen LogP contribution in [0.15, 0.2) is 0 Å². The fraction of sp³-hybridized carbons (Fsp3) is 0.857. The van der Waals surface area contributed by atoms with Gasteiger partial charge in [-0.3, -0.25) is 9.59 Å². The van der Waals surface area contributed by atoms with Crippen LogP contribution in [0.3, 0.4) is 0 Å². The molecule has 0 bridgehead atoms. The fourth-order valence-corrected chi connectivity index (χ4v) is 3.02. The van der Waals surface area contributed by atoms with Crippen LogP contribution in [0, 0.1) is 17.8 Å². The molecule has 3 atom stereocenters. The lowest BCUT2D eigenvalue weighted by atomic mass is 9.87. The van der Waals surface area contributed by atoms with Crippen LogP contribution < -0.4 is 0 Å². The van der Waals surface area contributed by atoms with Crippen LogP contribution in [0.5, 0.6) is 0 Å². The molecule has 0 aromatic heterocycles. The Kier molecular flexibility index (Phi) is 4.80. The first-order valence-electron chi connectivity index (χ1n) is 7.08. The molecular weight excluding hydrogens is 246 g/mol. The average molecular weight is 269 g/mol. The first kappa shape index (κ1) is 14.3. The lowest BCUT2D eigenvalue weighted by molar-refractivity contribution is -0.151. The molecule has 108 valence electrons. The lowest BCUT2D eigenvalue weighted by Gasteiger charge is -2.36. The number of carbonyl (C=O) groups excluding carboxylic acids is 2. The summed E-state index contributed by atoms with van der Waals surface area (Å²) in [5.74, 6) is 0.143. The summed E-state index contributed by atoms with van der Waals surface area (Å²) in [6.45, 7) is 4.65. The van der Waals surface area contributed by atoms with Gasteiger partial charge in [0.2, 0.25) is 5.91 Å². The summed E-state index contributed by atoms with van der Waals surface area (Å²) in [5.41, 5.74) is 0. The summed E-state index contributed by atoms with van der Waals surface area (Å²) in [6.07, 6.45) is 2.49. The molecule has 2 heterocycles. The highest BCUT2D eigenvalue weighted by Gasteiger charge is 2.35. The van der Waals surface area contributed by atoms with Crippen LogP contribution in [0.25, 0.3) is 0 Å². The zero-order valence-electron chi connectivity index (χ0n) is 11.8. The number of rotatable bonds is 2. The number of hydrogen-bond donors (Lipinski definition) is 0. The van der Waals surface area contributed by atoms with Gasteiger partial charge in [-0.05, 0) is 25.2 Å². The molecule has 5 nitrogen and oxygen atoms in total. The van der Waals surface area contributed by atoms with Crippen molar-refractivity contribution < 1.29 is 19.1 Å². The zero-order valence-corrected chi connectivity index (χ0v) is 11.8. The van der Waals surface area contributed by atoms with Crippen molar-refractivity contribution in [2.24, 2.45) is 17.8 Å². The van der Waals surface area contributed by atoms with Crippen LogP contribution in [0.2, 0.25) is 0 Å². The number of esters is 1. The number of ether oxygens (including phenoxy) is 2. The van der Waals surface area contributed by atoms with Gasteiger partial charge in [0.15, 0.2) is 0 Å². The summed E-state index contributed by atoms with van der Waals surface area (Å²) in [5, 5.41) is 0. The highest BCUT2D eigenvalue weighted by Crippen LogP contribution is 2.26. The SMILES string of the molecule is COC(=O)C1CCCN(C(=O)C2CCOCC2C)C1. The summed E-state index contributed by atoms with van der Waals surface area (Å²) in [6, 6.07) is 0. The van der Waals surface area contributed by atoms with Crippen molar-refractivity contribution in [3.63, 3.8) is 0 Å². The molecular formula is C14H23NO4. The molecule has 2 aliphatic heterocycles. The zero-order chi connectivity index (χ0) is 13.8. The van der Waals surface area contributed by atoms with Gasteiger partial charge in [0.25, 0.3) is 0 Å². The molecule has 5 heteroatoms. The Morgan fingerprint density at radius 2 is 2.11 bits per heavy atom. The van der Waals surface area contributed by atoms with Crippen molar-refractivity contribution in [3.05, 3.63) is 0 Å². The van der Waals surface area contributed by atoms with Gasteiger partial charge in [0.05, 0.1) is 13.0 Å². The largest absolute Gasteiger partial charge is 0.469 e. The number of hydrogen-bond acceptors (Lipinski definition) is 4. The number of likely N-dealkylation sites (tertiary alicyclic amines) is 1. The highest BCUT2D eigenvalue weighted by atomic mass is 16.5. The summed E-state index contributed by atoms with van der Waals surface area (Å²) >= 11 is 0. The summed E-state index contributed by atoms with van der Waals surface area (Å²) in [4.78, 5) is 26.0. The van der Waals surface area contributed by atoms with Gasteiger partial charge in [-0.25, -0.2) is 0 Å². The van der Waals surface area contributed by atoms with E-state index in [0.717, 1.165) is 25.8 Å². The first-order chi connectivity index (χ1) is 9.13. The van der Waals surface area contributed by atoms with E-state index in [4.69, 9.17) is 9.47 Å². The maximum Gasteiger partial charge on any atom is 0.310 e. The van der Waals surface area contributed by atoms with E-state index in [0.29, 0.717) is 19.8 Å². The molecule has 0 radical (unpaired) electrons. The van der Waals surface area contributed by atoms with E-state index in [1.807, 2.05) is 4.90 Å². The van der Waals surface area contributed by atoms with Gasteiger partial charge in [0.1, 0.15) is 0 Å². The van der Waals surface area contributed by atoms with Crippen molar-refractivity contribution in [2.45, 2.75) is 26.2 Å². The predicted molar refractivity (Wildman–Crippen MR) is 69.4 cm³/mol. The molecule has 0 N–H and O–H groups in total. The van der Waals surface area contributed by atoms with Gasteiger partial charge in [0, 0.05) is 32.2 Å². The standard InChI is InChI=1S/C14H23NO4/c1-10-9-19-7-5-12(10)13(16)15-6-3-4-11(8-15)14(17)18-2/h10-12H,3-9H2,1-2H3. The molecule has 19 heavy (non-hydrogen) atoms. The predicted octanol–water partition coefficient (Wildman–Crippen LogP) is 1.07. The molecule has 2 aliphatic rings. The van der Waals surface area contributed by atoms with E-state index in [9.17, 15) is 9.59 Å². The first-order valence-corrected chi connectivity index (χ1v) is 7.08. The quantitative estimate of drug-likeness (QED) is 0.704. The van der Waals surface area contributed by atoms with E-state index >= 15 is 0 Å². The number of piperidine rings is 1. The minimum atomic E-state index is -0.197. The third-order valence-electron chi connectivity index (χ3n) is 4.23. The van der Waals surface area contributed by atoms with E-state index in [-0.39, 0.29) is 29.6 Å². The normalized spacial score (nSPS) is 31.9. The highest BCUT2D eigenvalue weighted by molar-refractivity contribution is 5.80. The Morgan fingerprint density at radius 1 is 1.32 bits per heavy atom. The van der Waals surface area contributed by atoms with E-state index < -0.39 is 0 Å². The fourth-order valence-electron chi connectivity index (χ4n) is 3.02. The van der Waals surface area contributed by atoms with Gasteiger partial charge < -0.3 is 14.4 Å². The Hall–Kier alpha value is -1.10. The second-order valence-corrected chi connectivity index (χ2v) is 5.59. The van der Waals surface area contributed by atoms with Crippen molar-refractivity contribution in [1.29, 1.82) is 0 Å². The number of methoxy groups -OCH3 is 1. The molecule has 2 rings (SSSR count). The number of carbonyl (C=O) groups is 2. The molecule has 1 amide bonds. The van der Waals surface area contributed by atoms with E-state index in [1.54, 1.807) is 0 Å². The molecule has 2 fully saturated rings. The molecule has 2 saturated heterocycles. The van der Waals surface area contributed by atoms with Crippen LogP contribution in [-0.2, 0) is 19.1 Å². The van der Waals surface area contributed by atoms with E-state index in [2.05, 4.69) is 6.92 Å². The summed E-state index contributed by atoms with van der Waals surface area (Å²) < 4.78 is 10.2. The molecule has 0 saturated carbocycles. The Bertz CT molecular complexity index is 344. The molecule has 0 aromatic carbocycles. The van der Waals surface area contributed by atoms with E-state index in [1.165, 1.54) is 7.11 Å². The second kappa shape index (κ2) is 6.37. The van der Waals surface area contributed by atoms with Crippen LogP contribution in [-0.4, -0.2) is 50.2 Å².